The molecule has 5 atom stereocenters. The molecular weight excluding hydrogens is 424 g/mol. The van der Waals surface area contributed by atoms with Crippen molar-refractivity contribution < 1.29 is 14.3 Å². The minimum absolute atomic E-state index is 0.146. The van der Waals surface area contributed by atoms with Crippen LogP contribution in [0.25, 0.3) is 10.9 Å². The van der Waals surface area contributed by atoms with E-state index in [9.17, 15) is 4.79 Å². The van der Waals surface area contributed by atoms with Crippen molar-refractivity contribution >= 4 is 16.9 Å². The van der Waals surface area contributed by atoms with Crippen LogP contribution < -0.4 is 4.74 Å². The molecule has 6 rings (SSSR count). The number of hydrogen-bond acceptors (Lipinski definition) is 5. The molecule has 0 radical (unpaired) electrons. The van der Waals surface area contributed by atoms with Crippen molar-refractivity contribution in [1.82, 2.24) is 9.88 Å². The lowest BCUT2D eigenvalue weighted by atomic mass is 9.73. The summed E-state index contributed by atoms with van der Waals surface area (Å²) < 4.78 is 11.8. The summed E-state index contributed by atoms with van der Waals surface area (Å²) in [5.74, 6) is 1.70. The number of benzene rings is 2. The van der Waals surface area contributed by atoms with E-state index in [1.807, 2.05) is 48.7 Å². The normalized spacial score (nSPS) is 24.5. The predicted molar refractivity (Wildman–Crippen MR) is 134 cm³/mol. The van der Waals surface area contributed by atoms with Crippen molar-refractivity contribution in [2.24, 2.45) is 11.8 Å². The molecule has 3 fully saturated rings. The molecule has 0 spiro atoms. The molecule has 1 aromatic heterocycles. The second-order valence-corrected chi connectivity index (χ2v) is 9.43. The predicted octanol–water partition coefficient (Wildman–Crippen LogP) is 5.36. The van der Waals surface area contributed by atoms with Gasteiger partial charge in [0.15, 0.2) is 0 Å². The number of aromatic nitrogens is 1. The number of carbonyl (C=O) groups is 1. The van der Waals surface area contributed by atoms with E-state index in [0.29, 0.717) is 24.7 Å². The summed E-state index contributed by atoms with van der Waals surface area (Å²) >= 11 is 0. The molecule has 176 valence electrons. The number of ether oxygens (including phenoxy) is 2. The fourth-order valence-electron chi connectivity index (χ4n) is 5.65. The van der Waals surface area contributed by atoms with Gasteiger partial charge in [0.1, 0.15) is 11.9 Å². The molecule has 0 aliphatic carbocycles. The van der Waals surface area contributed by atoms with E-state index in [1.165, 1.54) is 6.42 Å². The summed E-state index contributed by atoms with van der Waals surface area (Å²) in [5, 5.41) is 0.977. The van der Waals surface area contributed by atoms with Crippen molar-refractivity contribution in [1.29, 1.82) is 0 Å². The average Bonchev–Trinajstić information content (AvgIpc) is 2.90. The number of carbonyl (C=O) groups excluding carboxylic acids is 1. The van der Waals surface area contributed by atoms with Crippen LogP contribution in [-0.2, 0) is 16.0 Å². The topological polar surface area (TPSA) is 51.7 Å². The summed E-state index contributed by atoms with van der Waals surface area (Å²) in [6, 6.07) is 18.1. The Morgan fingerprint density at radius 1 is 1.24 bits per heavy atom. The molecule has 3 aliphatic rings. The van der Waals surface area contributed by atoms with Crippen molar-refractivity contribution in [2.75, 3.05) is 20.2 Å². The summed E-state index contributed by atoms with van der Waals surface area (Å²) in [5.41, 5.74) is 3.03. The highest BCUT2D eigenvalue weighted by Crippen LogP contribution is 2.43. The van der Waals surface area contributed by atoms with Gasteiger partial charge in [-0.3, -0.25) is 14.7 Å². The molecule has 3 aromatic rings. The van der Waals surface area contributed by atoms with Crippen LogP contribution in [0.3, 0.4) is 0 Å². The SMILES string of the molecule is C=C[C@H]1CN2CC[C@H]1C[C@H]2[C@H](OC(=O)CCc1ccccc1)c1ccnc2ccc(OC)cc12. The Morgan fingerprint density at radius 2 is 2.09 bits per heavy atom. The quantitative estimate of drug-likeness (QED) is 0.338. The van der Waals surface area contributed by atoms with E-state index >= 15 is 0 Å². The summed E-state index contributed by atoms with van der Waals surface area (Å²) in [7, 11) is 1.67. The van der Waals surface area contributed by atoms with Gasteiger partial charge in [-0.15, -0.1) is 6.58 Å². The van der Waals surface area contributed by atoms with Gasteiger partial charge in [0.05, 0.1) is 18.7 Å². The van der Waals surface area contributed by atoms with Crippen LogP contribution in [0.5, 0.6) is 5.75 Å². The van der Waals surface area contributed by atoms with Gasteiger partial charge < -0.3 is 9.47 Å². The van der Waals surface area contributed by atoms with Gasteiger partial charge in [-0.2, -0.15) is 0 Å². The van der Waals surface area contributed by atoms with Gasteiger partial charge in [0.25, 0.3) is 0 Å². The molecule has 0 amide bonds. The average molecular weight is 457 g/mol. The van der Waals surface area contributed by atoms with Crippen molar-refractivity contribution in [2.45, 2.75) is 37.8 Å². The lowest BCUT2D eigenvalue weighted by Gasteiger charge is -2.51. The molecule has 5 nitrogen and oxygen atoms in total. The lowest BCUT2D eigenvalue weighted by molar-refractivity contribution is -0.157. The first-order chi connectivity index (χ1) is 16.7. The highest BCUT2D eigenvalue weighted by molar-refractivity contribution is 5.84. The van der Waals surface area contributed by atoms with Gasteiger partial charge in [-0.25, -0.2) is 0 Å². The highest BCUT2D eigenvalue weighted by atomic mass is 16.5. The Hall–Kier alpha value is -3.18. The number of methoxy groups -OCH3 is 1. The largest absolute Gasteiger partial charge is 0.497 e. The zero-order valence-electron chi connectivity index (χ0n) is 19.7. The number of hydrogen-bond donors (Lipinski definition) is 0. The Kier molecular flexibility index (Phi) is 6.63. The molecule has 0 N–H and O–H groups in total. The number of rotatable bonds is 8. The van der Waals surface area contributed by atoms with E-state index < -0.39 is 0 Å². The molecule has 0 saturated carbocycles. The van der Waals surface area contributed by atoms with Gasteiger partial charge in [0.2, 0.25) is 0 Å². The summed E-state index contributed by atoms with van der Waals surface area (Å²) in [6.07, 6.45) is 6.77. The maximum atomic E-state index is 13.1. The second kappa shape index (κ2) is 9.98. The van der Waals surface area contributed by atoms with Crippen molar-refractivity contribution in [3.8, 4) is 5.75 Å². The number of piperidine rings is 3. The maximum absolute atomic E-state index is 13.1. The second-order valence-electron chi connectivity index (χ2n) is 9.43. The maximum Gasteiger partial charge on any atom is 0.306 e. The molecule has 1 unspecified atom stereocenters. The zero-order valence-corrected chi connectivity index (χ0v) is 19.7. The Bertz CT molecular complexity index is 1160. The van der Waals surface area contributed by atoms with Crippen molar-refractivity contribution in [3.05, 3.63) is 84.6 Å². The number of fused-ring (bicyclic) bond motifs is 4. The van der Waals surface area contributed by atoms with Crippen LogP contribution in [0.4, 0.5) is 0 Å². The van der Waals surface area contributed by atoms with E-state index in [4.69, 9.17) is 9.47 Å². The first kappa shape index (κ1) is 22.6. The molecule has 3 aliphatic heterocycles. The monoisotopic (exact) mass is 456 g/mol. The Balaban J connectivity index is 1.46. The number of esters is 1. The fraction of sp³-hybridized carbons (Fsp3) is 0.379. The molecule has 34 heavy (non-hydrogen) atoms. The van der Waals surface area contributed by atoms with E-state index in [0.717, 1.165) is 47.3 Å². The molecule has 5 heteroatoms. The van der Waals surface area contributed by atoms with Gasteiger partial charge in [-0.1, -0.05) is 36.4 Å². The zero-order chi connectivity index (χ0) is 23.5. The van der Waals surface area contributed by atoms with Gasteiger partial charge in [0, 0.05) is 30.1 Å². The third kappa shape index (κ3) is 4.58. The van der Waals surface area contributed by atoms with Crippen molar-refractivity contribution in [3.63, 3.8) is 0 Å². The van der Waals surface area contributed by atoms with E-state index in [2.05, 4.69) is 34.7 Å². The van der Waals surface area contributed by atoms with E-state index in [-0.39, 0.29) is 18.1 Å². The van der Waals surface area contributed by atoms with Crippen LogP contribution in [0.1, 0.15) is 36.5 Å². The standard InChI is InChI=1S/C29H32N2O3/c1-3-21-19-31-16-14-22(21)17-27(31)29(34-28(32)12-9-20-7-5-4-6-8-20)24-13-15-30-26-11-10-23(33-2)18-25(24)26/h3-8,10-11,13,15,18,21-22,27,29H,1,9,12,14,16-17,19H2,2H3/t21-,22-,27-,29+/m0/s1. The van der Waals surface area contributed by atoms with Crippen LogP contribution in [0, 0.1) is 11.8 Å². The third-order valence-electron chi connectivity index (χ3n) is 7.51. The minimum atomic E-state index is -0.352. The summed E-state index contributed by atoms with van der Waals surface area (Å²) in [4.78, 5) is 20.2. The number of nitrogens with zero attached hydrogens (tertiary/aromatic N) is 2. The number of aryl methyl sites for hydroxylation is 1. The lowest BCUT2D eigenvalue weighted by Crippen LogP contribution is -2.55. The molecule has 4 heterocycles. The first-order valence-electron chi connectivity index (χ1n) is 12.2. The first-order valence-corrected chi connectivity index (χ1v) is 12.2. The van der Waals surface area contributed by atoms with Crippen LogP contribution in [-0.4, -0.2) is 42.1 Å². The Labute approximate surface area is 201 Å². The molecular formula is C29H32N2O3. The van der Waals surface area contributed by atoms with Crippen LogP contribution >= 0.6 is 0 Å². The highest BCUT2D eigenvalue weighted by Gasteiger charge is 2.44. The fourth-order valence-corrected chi connectivity index (χ4v) is 5.65. The van der Waals surface area contributed by atoms with Gasteiger partial charge in [-0.05, 0) is 67.5 Å². The molecule has 2 bridgehead atoms. The van der Waals surface area contributed by atoms with Crippen LogP contribution in [0.2, 0.25) is 0 Å². The van der Waals surface area contributed by atoms with E-state index in [1.54, 1.807) is 7.11 Å². The summed E-state index contributed by atoms with van der Waals surface area (Å²) in [6.45, 7) is 6.07. The number of pyridine rings is 1. The van der Waals surface area contributed by atoms with Crippen LogP contribution in [0.15, 0.2) is 73.4 Å². The smallest absolute Gasteiger partial charge is 0.306 e. The molecule has 2 aromatic carbocycles. The molecule has 3 saturated heterocycles. The minimum Gasteiger partial charge on any atom is -0.497 e. The Morgan fingerprint density at radius 3 is 2.82 bits per heavy atom. The van der Waals surface area contributed by atoms with Gasteiger partial charge >= 0.3 is 5.97 Å². The third-order valence-corrected chi connectivity index (χ3v) is 7.51.